The van der Waals surface area contributed by atoms with Gasteiger partial charge in [0.05, 0.1) is 0 Å². The van der Waals surface area contributed by atoms with Crippen LogP contribution in [0.4, 0.5) is 0 Å². The van der Waals surface area contributed by atoms with Gasteiger partial charge in [-0.05, 0) is 17.9 Å². The summed E-state index contributed by atoms with van der Waals surface area (Å²) in [4.78, 5) is 11.9. The first-order valence-electron chi connectivity index (χ1n) is 5.70. The van der Waals surface area contributed by atoms with E-state index in [0.717, 1.165) is 12.0 Å². The summed E-state index contributed by atoms with van der Waals surface area (Å²) in [7, 11) is 0. The Morgan fingerprint density at radius 2 is 1.67 bits per heavy atom. The molecule has 0 radical (unpaired) electrons. The van der Waals surface area contributed by atoms with Gasteiger partial charge in [0.1, 0.15) is 0 Å². The number of ketones is 1. The van der Waals surface area contributed by atoms with Gasteiger partial charge in [0.2, 0.25) is 0 Å². The molecule has 0 bridgehead atoms. The number of benzene rings is 1. The lowest BCUT2D eigenvalue weighted by Gasteiger charge is -2.09. The molecule has 1 atom stereocenters. The van der Waals surface area contributed by atoms with E-state index in [-0.39, 0.29) is 11.7 Å². The largest absolute Gasteiger partial charge is 0.294 e. The number of hydrogen-bond donors (Lipinski definition) is 0. The molecule has 1 aromatic rings. The molecular formula is C14H20O. The minimum absolute atomic E-state index is 0.134. The zero-order valence-corrected chi connectivity index (χ0v) is 10.1. The molecule has 0 aliphatic carbocycles. The molecule has 0 N–H and O–H groups in total. The highest BCUT2D eigenvalue weighted by Crippen LogP contribution is 2.17. The van der Waals surface area contributed by atoms with Gasteiger partial charge in [0.25, 0.3) is 0 Å². The van der Waals surface area contributed by atoms with E-state index < -0.39 is 0 Å². The van der Waals surface area contributed by atoms with Crippen molar-refractivity contribution in [2.24, 2.45) is 5.92 Å². The fourth-order valence-electron chi connectivity index (χ4n) is 1.50. The summed E-state index contributed by atoms with van der Waals surface area (Å²) in [5.41, 5.74) is 2.13. The number of carbonyl (C=O) groups excluding carboxylic acids is 1. The molecule has 0 aliphatic rings. The summed E-state index contributed by atoms with van der Waals surface area (Å²) in [5, 5.41) is 0. The zero-order chi connectivity index (χ0) is 11.4. The summed E-state index contributed by atoms with van der Waals surface area (Å²) in [6.45, 7) is 8.35. The molecule has 1 rings (SSSR count). The van der Waals surface area contributed by atoms with Crippen molar-refractivity contribution in [2.45, 2.75) is 40.0 Å². The minimum atomic E-state index is 0.134. The van der Waals surface area contributed by atoms with Gasteiger partial charge in [0, 0.05) is 11.5 Å². The molecule has 0 fully saturated rings. The van der Waals surface area contributed by atoms with E-state index in [2.05, 4.69) is 26.0 Å². The first kappa shape index (κ1) is 12.0. The van der Waals surface area contributed by atoms with Crippen LogP contribution in [0.5, 0.6) is 0 Å². The second-order valence-electron chi connectivity index (χ2n) is 4.45. The number of hydrogen-bond acceptors (Lipinski definition) is 1. The first-order valence-corrected chi connectivity index (χ1v) is 5.70. The van der Waals surface area contributed by atoms with Crippen LogP contribution in [0.2, 0.25) is 0 Å². The normalized spacial score (nSPS) is 12.9. The van der Waals surface area contributed by atoms with Gasteiger partial charge in [-0.3, -0.25) is 4.79 Å². The Labute approximate surface area is 92.5 Å². The van der Waals surface area contributed by atoms with E-state index in [1.807, 2.05) is 26.0 Å². The van der Waals surface area contributed by atoms with Crippen LogP contribution in [0.3, 0.4) is 0 Å². The van der Waals surface area contributed by atoms with Gasteiger partial charge in [0.15, 0.2) is 5.78 Å². The molecule has 1 aromatic carbocycles. The lowest BCUT2D eigenvalue weighted by Crippen LogP contribution is -2.10. The van der Waals surface area contributed by atoms with Crippen molar-refractivity contribution in [2.75, 3.05) is 0 Å². The van der Waals surface area contributed by atoms with E-state index >= 15 is 0 Å². The lowest BCUT2D eigenvalue weighted by atomic mass is 9.95. The molecule has 15 heavy (non-hydrogen) atoms. The third-order valence-electron chi connectivity index (χ3n) is 2.92. The minimum Gasteiger partial charge on any atom is -0.294 e. The molecule has 0 saturated heterocycles. The number of carbonyl (C=O) groups is 1. The van der Waals surface area contributed by atoms with Gasteiger partial charge in [-0.15, -0.1) is 0 Å². The molecule has 1 unspecified atom stereocenters. The molecule has 0 aromatic heterocycles. The Morgan fingerprint density at radius 1 is 1.13 bits per heavy atom. The van der Waals surface area contributed by atoms with E-state index in [1.165, 1.54) is 5.56 Å². The van der Waals surface area contributed by atoms with Gasteiger partial charge in [-0.25, -0.2) is 0 Å². The maximum Gasteiger partial charge on any atom is 0.165 e. The average molecular weight is 204 g/mol. The Morgan fingerprint density at radius 3 is 2.07 bits per heavy atom. The van der Waals surface area contributed by atoms with E-state index in [9.17, 15) is 4.79 Å². The van der Waals surface area contributed by atoms with E-state index in [1.54, 1.807) is 0 Å². The molecule has 0 aliphatic heterocycles. The van der Waals surface area contributed by atoms with Gasteiger partial charge >= 0.3 is 0 Å². The highest BCUT2D eigenvalue weighted by molar-refractivity contribution is 5.97. The van der Waals surface area contributed by atoms with Crippen molar-refractivity contribution in [3.05, 3.63) is 35.4 Å². The highest BCUT2D eigenvalue weighted by Gasteiger charge is 2.12. The number of rotatable bonds is 4. The Hall–Kier alpha value is -1.11. The van der Waals surface area contributed by atoms with Crippen molar-refractivity contribution in [1.29, 1.82) is 0 Å². The molecular weight excluding hydrogens is 184 g/mol. The van der Waals surface area contributed by atoms with Crippen LogP contribution >= 0.6 is 0 Å². The van der Waals surface area contributed by atoms with Crippen molar-refractivity contribution < 1.29 is 4.79 Å². The predicted octanol–water partition coefficient (Wildman–Crippen LogP) is 4.04. The molecule has 0 spiro atoms. The second kappa shape index (κ2) is 5.11. The smallest absolute Gasteiger partial charge is 0.165 e. The standard InChI is InChI=1S/C14H20O/c1-5-11(4)14(15)13-8-6-12(7-9-13)10(2)3/h6-11H,5H2,1-4H3. The van der Waals surface area contributed by atoms with Crippen LogP contribution in [0.15, 0.2) is 24.3 Å². The summed E-state index contributed by atoms with van der Waals surface area (Å²) >= 11 is 0. The van der Waals surface area contributed by atoms with Crippen LogP contribution < -0.4 is 0 Å². The van der Waals surface area contributed by atoms with Crippen molar-refractivity contribution >= 4 is 5.78 Å². The van der Waals surface area contributed by atoms with Crippen LogP contribution in [0.1, 0.15) is 56.0 Å². The highest BCUT2D eigenvalue weighted by atomic mass is 16.1. The monoisotopic (exact) mass is 204 g/mol. The third kappa shape index (κ3) is 2.92. The van der Waals surface area contributed by atoms with Crippen molar-refractivity contribution in [3.63, 3.8) is 0 Å². The maximum absolute atomic E-state index is 11.9. The van der Waals surface area contributed by atoms with E-state index in [4.69, 9.17) is 0 Å². The van der Waals surface area contributed by atoms with Gasteiger partial charge < -0.3 is 0 Å². The molecule has 0 amide bonds. The summed E-state index contributed by atoms with van der Waals surface area (Å²) < 4.78 is 0. The Bertz CT molecular complexity index is 322. The van der Waals surface area contributed by atoms with Gasteiger partial charge in [-0.1, -0.05) is 52.0 Å². The lowest BCUT2D eigenvalue weighted by molar-refractivity contribution is 0.0927. The maximum atomic E-state index is 11.9. The van der Waals surface area contributed by atoms with Crippen LogP contribution in [0, 0.1) is 5.92 Å². The molecule has 1 heteroatoms. The Kier molecular flexibility index (Phi) is 4.07. The predicted molar refractivity (Wildman–Crippen MR) is 64.3 cm³/mol. The SMILES string of the molecule is CCC(C)C(=O)c1ccc(C(C)C)cc1. The van der Waals surface area contributed by atoms with E-state index in [0.29, 0.717) is 5.92 Å². The third-order valence-corrected chi connectivity index (χ3v) is 2.92. The molecule has 82 valence electrons. The fraction of sp³-hybridized carbons (Fsp3) is 0.500. The zero-order valence-electron chi connectivity index (χ0n) is 10.1. The van der Waals surface area contributed by atoms with Crippen molar-refractivity contribution in [1.82, 2.24) is 0 Å². The number of Topliss-reactive ketones (excluding diaryl/α,β-unsaturated/α-hetero) is 1. The van der Waals surface area contributed by atoms with Crippen molar-refractivity contribution in [3.8, 4) is 0 Å². The first-order chi connectivity index (χ1) is 7.06. The molecule has 0 heterocycles. The summed E-state index contributed by atoms with van der Waals surface area (Å²) in [5.74, 6) is 0.917. The molecule has 1 nitrogen and oxygen atoms in total. The van der Waals surface area contributed by atoms with Gasteiger partial charge in [-0.2, -0.15) is 0 Å². The average Bonchev–Trinajstić information content (AvgIpc) is 2.27. The topological polar surface area (TPSA) is 17.1 Å². The molecule has 0 saturated carbocycles. The van der Waals surface area contributed by atoms with Crippen LogP contribution in [-0.4, -0.2) is 5.78 Å². The van der Waals surface area contributed by atoms with Crippen LogP contribution in [-0.2, 0) is 0 Å². The fourth-order valence-corrected chi connectivity index (χ4v) is 1.50. The quantitative estimate of drug-likeness (QED) is 0.676. The Balaban J connectivity index is 2.84. The second-order valence-corrected chi connectivity index (χ2v) is 4.45. The summed E-state index contributed by atoms with van der Waals surface area (Å²) in [6.07, 6.45) is 0.908. The summed E-state index contributed by atoms with van der Waals surface area (Å²) in [6, 6.07) is 8.01. The van der Waals surface area contributed by atoms with Crippen LogP contribution in [0.25, 0.3) is 0 Å².